The van der Waals surface area contributed by atoms with Crippen LogP contribution < -0.4 is 0 Å². The summed E-state index contributed by atoms with van der Waals surface area (Å²) in [6.07, 6.45) is 3.99. The fourth-order valence-electron chi connectivity index (χ4n) is 0.192. The summed E-state index contributed by atoms with van der Waals surface area (Å²) < 4.78 is 0. The van der Waals surface area contributed by atoms with Crippen LogP contribution in [0.4, 0.5) is 0 Å². The van der Waals surface area contributed by atoms with E-state index < -0.39 is 0 Å². The Kier molecular flexibility index (Phi) is 46.5. The Labute approximate surface area is 98.5 Å². The van der Waals surface area contributed by atoms with E-state index in [1.54, 1.807) is 0 Å². The highest BCUT2D eigenvalue weighted by molar-refractivity contribution is 5.56. The summed E-state index contributed by atoms with van der Waals surface area (Å²) in [6.45, 7) is 20.8. The average Bonchev–Trinajstić information content (AvgIpc) is 2.22. The highest BCUT2D eigenvalue weighted by atomic mass is 14.3. The van der Waals surface area contributed by atoms with Crippen molar-refractivity contribution >= 4 is 6.21 Å². The molecule has 1 unspecified atom stereocenters. The van der Waals surface area contributed by atoms with Crippen molar-refractivity contribution in [2.45, 2.75) is 61.3 Å². The fourth-order valence-corrected chi connectivity index (χ4v) is 0.192. The Morgan fingerprint density at radius 1 is 0.933 bits per heavy atom. The first-order valence-corrected chi connectivity index (χ1v) is 6.02. The van der Waals surface area contributed by atoms with Gasteiger partial charge in [-0.2, -0.15) is 0 Å². The molecule has 0 aliphatic carbocycles. The third-order valence-corrected chi connectivity index (χ3v) is 1.31. The van der Waals surface area contributed by atoms with Crippen LogP contribution in [0.2, 0.25) is 0 Å². The van der Waals surface area contributed by atoms with E-state index in [1.807, 2.05) is 0 Å². The van der Waals surface area contributed by atoms with Crippen LogP contribution in [-0.4, -0.2) is 6.21 Å². The molecule has 0 aromatic rings. The molecule has 1 atom stereocenters. The Bertz CT molecular complexity index is 85.3. The predicted molar refractivity (Wildman–Crippen MR) is 76.0 cm³/mol. The summed E-state index contributed by atoms with van der Waals surface area (Å²) in [5.74, 6) is 1.07. The van der Waals surface area contributed by atoms with Gasteiger partial charge in [0.25, 0.3) is 0 Å². The van der Waals surface area contributed by atoms with Crippen LogP contribution in [0.1, 0.15) is 61.3 Å². The molecule has 1 N–H and O–H groups in total. The van der Waals surface area contributed by atoms with Gasteiger partial charge in [0, 0.05) is 0 Å². The Morgan fingerprint density at radius 2 is 1.13 bits per heavy atom. The molecule has 0 radical (unpaired) electrons. The van der Waals surface area contributed by atoms with Gasteiger partial charge in [-0.05, 0) is 18.1 Å². The molecule has 15 heavy (non-hydrogen) atoms. The SMILES string of the molecule is C=C.CC(C)C(C)C=N.CCC.CCC. The molecule has 1 nitrogen and oxygen atoms in total. The van der Waals surface area contributed by atoms with Crippen molar-refractivity contribution in [1.82, 2.24) is 0 Å². The van der Waals surface area contributed by atoms with Crippen molar-refractivity contribution in [3.05, 3.63) is 13.2 Å². The molecule has 0 fully saturated rings. The molecule has 0 amide bonds. The van der Waals surface area contributed by atoms with Crippen molar-refractivity contribution in [3.8, 4) is 0 Å². The van der Waals surface area contributed by atoms with Crippen LogP contribution >= 0.6 is 0 Å². The largest absolute Gasteiger partial charge is 0.313 e. The first-order valence-electron chi connectivity index (χ1n) is 6.02. The molecule has 0 spiro atoms. The minimum absolute atomic E-state index is 0.444. The molecule has 1 heteroatoms. The molecule has 0 aliphatic heterocycles. The van der Waals surface area contributed by atoms with Crippen LogP contribution in [-0.2, 0) is 0 Å². The Morgan fingerprint density at radius 3 is 1.13 bits per heavy atom. The third kappa shape index (κ3) is 59.6. The molecular formula is C14H33N. The highest BCUT2D eigenvalue weighted by Crippen LogP contribution is 2.04. The van der Waals surface area contributed by atoms with Crippen molar-refractivity contribution < 1.29 is 0 Å². The summed E-state index contributed by atoms with van der Waals surface area (Å²) in [5.41, 5.74) is 0. The van der Waals surface area contributed by atoms with Crippen LogP contribution in [0, 0.1) is 17.2 Å². The van der Waals surface area contributed by atoms with Crippen LogP contribution in [0.3, 0.4) is 0 Å². The topological polar surface area (TPSA) is 23.9 Å². The maximum atomic E-state index is 6.81. The van der Waals surface area contributed by atoms with Crippen LogP contribution in [0.5, 0.6) is 0 Å². The lowest BCUT2D eigenvalue weighted by Crippen LogP contribution is -2.03. The fraction of sp³-hybridized carbons (Fsp3) is 0.786. The Balaban J connectivity index is -0.0000000638. The molecule has 0 aromatic carbocycles. The van der Waals surface area contributed by atoms with Crippen molar-refractivity contribution in [3.63, 3.8) is 0 Å². The number of hydrogen-bond acceptors (Lipinski definition) is 1. The van der Waals surface area contributed by atoms with Crippen molar-refractivity contribution in [1.29, 1.82) is 5.41 Å². The van der Waals surface area contributed by atoms with Gasteiger partial charge in [0.05, 0.1) is 0 Å². The molecule has 0 rings (SSSR count). The van der Waals surface area contributed by atoms with Gasteiger partial charge in [0.2, 0.25) is 0 Å². The zero-order valence-electron chi connectivity index (χ0n) is 12.1. The second-order valence-corrected chi connectivity index (χ2v) is 3.68. The third-order valence-electron chi connectivity index (χ3n) is 1.31. The second kappa shape index (κ2) is 29.2. The zero-order chi connectivity index (χ0) is 13.3. The molecular weight excluding hydrogens is 182 g/mol. The maximum Gasteiger partial charge on any atom is -0.00169 e. The van der Waals surface area contributed by atoms with E-state index in [1.165, 1.54) is 19.1 Å². The molecule has 0 saturated carbocycles. The summed E-state index contributed by atoms with van der Waals surface area (Å²) in [7, 11) is 0. The minimum Gasteiger partial charge on any atom is -0.313 e. The lowest BCUT2D eigenvalue weighted by molar-refractivity contribution is 0.539. The van der Waals surface area contributed by atoms with Gasteiger partial charge in [-0.3, -0.25) is 0 Å². The van der Waals surface area contributed by atoms with Gasteiger partial charge < -0.3 is 5.41 Å². The normalized spacial score (nSPS) is 9.33. The molecule has 0 heterocycles. The first-order chi connectivity index (χ1) is 7.01. The van der Waals surface area contributed by atoms with E-state index in [2.05, 4.69) is 61.6 Å². The summed E-state index contributed by atoms with van der Waals surface area (Å²) in [5, 5.41) is 6.81. The number of rotatable bonds is 2. The lowest BCUT2D eigenvalue weighted by Gasteiger charge is -2.06. The van der Waals surface area contributed by atoms with Gasteiger partial charge in [0.1, 0.15) is 0 Å². The van der Waals surface area contributed by atoms with Crippen molar-refractivity contribution in [2.24, 2.45) is 11.8 Å². The quantitative estimate of drug-likeness (QED) is 0.460. The van der Waals surface area contributed by atoms with E-state index in [0.29, 0.717) is 11.8 Å². The minimum atomic E-state index is 0.444. The van der Waals surface area contributed by atoms with Crippen LogP contribution in [0.25, 0.3) is 0 Å². The van der Waals surface area contributed by atoms with Gasteiger partial charge >= 0.3 is 0 Å². The van der Waals surface area contributed by atoms with Gasteiger partial charge in [-0.1, -0.05) is 61.3 Å². The van der Waals surface area contributed by atoms with Crippen molar-refractivity contribution in [2.75, 3.05) is 0 Å². The van der Waals surface area contributed by atoms with E-state index >= 15 is 0 Å². The zero-order valence-corrected chi connectivity index (χ0v) is 12.1. The standard InChI is InChI=1S/C6H13N.2C3H8.C2H4/c1-5(2)6(3)4-7;2*1-3-2;1-2/h4-7H,1-3H3;2*3H2,1-2H3;1-2H2. The number of hydrogen-bond donors (Lipinski definition) is 1. The summed E-state index contributed by atoms with van der Waals surface area (Å²) in [4.78, 5) is 0. The molecule has 0 aliphatic rings. The molecule has 0 aromatic heterocycles. The molecule has 0 saturated heterocycles. The monoisotopic (exact) mass is 215 g/mol. The average molecular weight is 215 g/mol. The number of nitrogens with one attached hydrogen (secondary N) is 1. The lowest BCUT2D eigenvalue weighted by atomic mass is 10.0. The molecule has 0 bridgehead atoms. The van der Waals surface area contributed by atoms with Gasteiger partial charge in [-0.25, -0.2) is 0 Å². The van der Waals surface area contributed by atoms with E-state index in [9.17, 15) is 0 Å². The summed E-state index contributed by atoms with van der Waals surface area (Å²) >= 11 is 0. The maximum absolute atomic E-state index is 6.81. The summed E-state index contributed by atoms with van der Waals surface area (Å²) in [6, 6.07) is 0. The molecule has 94 valence electrons. The smallest absolute Gasteiger partial charge is 0.00169 e. The first kappa shape index (κ1) is 23.9. The van der Waals surface area contributed by atoms with E-state index in [0.717, 1.165) is 0 Å². The Hall–Kier alpha value is -0.590. The predicted octanol–water partition coefficient (Wildman–Crippen LogP) is 5.56. The van der Waals surface area contributed by atoms with Gasteiger partial charge in [0.15, 0.2) is 0 Å². The second-order valence-electron chi connectivity index (χ2n) is 3.68. The highest BCUT2D eigenvalue weighted by Gasteiger charge is 1.99. The van der Waals surface area contributed by atoms with E-state index in [-0.39, 0.29) is 0 Å². The van der Waals surface area contributed by atoms with Gasteiger partial charge in [-0.15, -0.1) is 13.2 Å². The van der Waals surface area contributed by atoms with E-state index in [4.69, 9.17) is 5.41 Å². The van der Waals surface area contributed by atoms with Crippen LogP contribution in [0.15, 0.2) is 13.2 Å².